The van der Waals surface area contributed by atoms with Crippen molar-refractivity contribution >= 4 is 21.5 Å². The molecule has 4 heteroatoms. The molecule has 2 rings (SSSR count). The van der Waals surface area contributed by atoms with Gasteiger partial charge in [-0.25, -0.2) is 4.98 Å². The standard InChI is InChI=1S/C13H17N3S/c1-6-5-7(2)9(4)10(8(6)3)11-12(14)17-13(15)16-11/h5H,14H2,1-4H3,(H2,15,16). The maximum Gasteiger partial charge on any atom is 0.182 e. The molecular weight excluding hydrogens is 230 g/mol. The number of nitrogens with two attached hydrogens (primary N) is 2. The minimum atomic E-state index is 0.524. The highest BCUT2D eigenvalue weighted by Crippen LogP contribution is 2.37. The van der Waals surface area contributed by atoms with E-state index in [0.29, 0.717) is 10.1 Å². The second-order valence-electron chi connectivity index (χ2n) is 4.40. The van der Waals surface area contributed by atoms with E-state index in [1.807, 2.05) is 0 Å². The zero-order chi connectivity index (χ0) is 12.7. The summed E-state index contributed by atoms with van der Waals surface area (Å²) >= 11 is 1.34. The van der Waals surface area contributed by atoms with E-state index in [1.165, 1.54) is 33.6 Å². The van der Waals surface area contributed by atoms with Crippen molar-refractivity contribution in [1.29, 1.82) is 0 Å². The molecule has 17 heavy (non-hydrogen) atoms. The number of rotatable bonds is 1. The van der Waals surface area contributed by atoms with Crippen LogP contribution in [-0.2, 0) is 0 Å². The summed E-state index contributed by atoms with van der Waals surface area (Å²) in [5.74, 6) is 0. The zero-order valence-corrected chi connectivity index (χ0v) is 11.4. The van der Waals surface area contributed by atoms with E-state index in [1.54, 1.807) is 0 Å². The molecule has 4 N–H and O–H groups in total. The highest BCUT2D eigenvalue weighted by atomic mass is 32.1. The highest BCUT2D eigenvalue weighted by Gasteiger charge is 2.16. The van der Waals surface area contributed by atoms with Gasteiger partial charge in [0.25, 0.3) is 0 Å². The summed E-state index contributed by atoms with van der Waals surface area (Å²) in [6.07, 6.45) is 0. The lowest BCUT2D eigenvalue weighted by atomic mass is 9.92. The summed E-state index contributed by atoms with van der Waals surface area (Å²) < 4.78 is 0. The van der Waals surface area contributed by atoms with Gasteiger partial charge in [0, 0.05) is 5.56 Å². The van der Waals surface area contributed by atoms with Crippen molar-refractivity contribution < 1.29 is 0 Å². The molecule has 0 amide bonds. The van der Waals surface area contributed by atoms with Crippen molar-refractivity contribution in [3.63, 3.8) is 0 Å². The van der Waals surface area contributed by atoms with Gasteiger partial charge >= 0.3 is 0 Å². The van der Waals surface area contributed by atoms with Gasteiger partial charge in [-0.2, -0.15) is 0 Å². The number of benzene rings is 1. The van der Waals surface area contributed by atoms with Gasteiger partial charge in [-0.05, 0) is 49.9 Å². The Hall–Kier alpha value is -1.55. The van der Waals surface area contributed by atoms with Crippen LogP contribution in [0.25, 0.3) is 11.3 Å². The van der Waals surface area contributed by atoms with Gasteiger partial charge in [0.1, 0.15) is 10.7 Å². The molecule has 0 saturated heterocycles. The van der Waals surface area contributed by atoms with Crippen LogP contribution in [0.15, 0.2) is 6.07 Å². The van der Waals surface area contributed by atoms with Crippen molar-refractivity contribution in [2.45, 2.75) is 27.7 Å². The van der Waals surface area contributed by atoms with Gasteiger partial charge in [-0.1, -0.05) is 17.4 Å². The smallest absolute Gasteiger partial charge is 0.182 e. The molecular formula is C13H17N3S. The number of nitrogens with zero attached hydrogens (tertiary/aromatic N) is 1. The Morgan fingerprint density at radius 1 is 1.00 bits per heavy atom. The fraction of sp³-hybridized carbons (Fsp3) is 0.308. The first-order valence-corrected chi connectivity index (χ1v) is 6.33. The van der Waals surface area contributed by atoms with Crippen LogP contribution < -0.4 is 11.5 Å². The Morgan fingerprint density at radius 2 is 1.53 bits per heavy atom. The molecule has 0 radical (unpaired) electrons. The molecule has 3 nitrogen and oxygen atoms in total. The van der Waals surface area contributed by atoms with Crippen molar-refractivity contribution in [3.05, 3.63) is 28.3 Å². The van der Waals surface area contributed by atoms with E-state index in [0.717, 1.165) is 11.3 Å². The van der Waals surface area contributed by atoms with Gasteiger partial charge in [0.2, 0.25) is 0 Å². The van der Waals surface area contributed by atoms with Crippen LogP contribution >= 0.6 is 11.3 Å². The van der Waals surface area contributed by atoms with Crippen molar-refractivity contribution in [3.8, 4) is 11.3 Å². The lowest BCUT2D eigenvalue weighted by molar-refractivity contribution is 1.23. The second kappa shape index (κ2) is 4.04. The van der Waals surface area contributed by atoms with Crippen molar-refractivity contribution in [2.24, 2.45) is 0 Å². The number of hydrogen-bond acceptors (Lipinski definition) is 4. The number of nitrogen functional groups attached to an aromatic ring is 2. The Labute approximate surface area is 105 Å². The average molecular weight is 247 g/mol. The summed E-state index contributed by atoms with van der Waals surface area (Å²) in [5.41, 5.74) is 18.6. The van der Waals surface area contributed by atoms with Gasteiger partial charge in [0.15, 0.2) is 5.13 Å². The molecule has 1 aromatic carbocycles. The first-order valence-electron chi connectivity index (χ1n) is 5.51. The monoisotopic (exact) mass is 247 g/mol. The first kappa shape index (κ1) is 11.9. The van der Waals surface area contributed by atoms with E-state index >= 15 is 0 Å². The topological polar surface area (TPSA) is 64.9 Å². The maximum absolute atomic E-state index is 5.99. The predicted octanol–water partition coefficient (Wildman–Crippen LogP) is 3.21. The Kier molecular flexibility index (Phi) is 2.83. The Morgan fingerprint density at radius 3 is 1.94 bits per heavy atom. The van der Waals surface area contributed by atoms with E-state index in [4.69, 9.17) is 11.5 Å². The number of anilines is 2. The number of thiazole rings is 1. The molecule has 1 heterocycles. The van der Waals surface area contributed by atoms with Crippen molar-refractivity contribution in [2.75, 3.05) is 11.5 Å². The SMILES string of the molecule is Cc1cc(C)c(C)c(-c2nc(N)sc2N)c1C. The van der Waals surface area contributed by atoms with E-state index in [2.05, 4.69) is 38.7 Å². The molecule has 0 aliphatic heterocycles. The molecule has 2 aromatic rings. The van der Waals surface area contributed by atoms with Gasteiger partial charge in [0.05, 0.1) is 0 Å². The van der Waals surface area contributed by atoms with Crippen LogP contribution in [0.2, 0.25) is 0 Å². The molecule has 0 aliphatic carbocycles. The molecule has 0 unspecified atom stereocenters. The highest BCUT2D eigenvalue weighted by molar-refractivity contribution is 7.19. The van der Waals surface area contributed by atoms with Gasteiger partial charge < -0.3 is 11.5 Å². The molecule has 0 spiro atoms. The van der Waals surface area contributed by atoms with Gasteiger partial charge in [-0.3, -0.25) is 0 Å². The molecule has 0 aliphatic rings. The summed E-state index contributed by atoms with van der Waals surface area (Å²) in [6.45, 7) is 8.42. The number of aryl methyl sites for hydroxylation is 2. The van der Waals surface area contributed by atoms with Crippen LogP contribution in [0.3, 0.4) is 0 Å². The summed E-state index contributed by atoms with van der Waals surface area (Å²) in [7, 11) is 0. The van der Waals surface area contributed by atoms with Crippen LogP contribution in [0, 0.1) is 27.7 Å². The maximum atomic E-state index is 5.99. The molecule has 0 saturated carbocycles. The third-order valence-corrected chi connectivity index (χ3v) is 3.99. The molecule has 0 bridgehead atoms. The fourth-order valence-corrected chi connectivity index (χ4v) is 2.71. The van der Waals surface area contributed by atoms with Crippen LogP contribution in [0.5, 0.6) is 0 Å². The second-order valence-corrected chi connectivity index (χ2v) is 5.46. The van der Waals surface area contributed by atoms with E-state index in [-0.39, 0.29) is 0 Å². The van der Waals surface area contributed by atoms with E-state index < -0.39 is 0 Å². The van der Waals surface area contributed by atoms with E-state index in [9.17, 15) is 0 Å². The average Bonchev–Trinajstić information content (AvgIpc) is 2.56. The number of aromatic nitrogens is 1. The largest absolute Gasteiger partial charge is 0.389 e. The summed E-state index contributed by atoms with van der Waals surface area (Å²) in [4.78, 5) is 4.36. The predicted molar refractivity (Wildman–Crippen MR) is 75.3 cm³/mol. The zero-order valence-electron chi connectivity index (χ0n) is 10.6. The molecule has 1 aromatic heterocycles. The molecule has 0 atom stereocenters. The third-order valence-electron chi connectivity index (χ3n) is 3.27. The normalized spacial score (nSPS) is 10.8. The molecule has 0 fully saturated rings. The molecule has 90 valence electrons. The summed E-state index contributed by atoms with van der Waals surface area (Å²) in [5, 5.41) is 1.22. The minimum Gasteiger partial charge on any atom is -0.389 e. The quantitative estimate of drug-likeness (QED) is 0.813. The summed E-state index contributed by atoms with van der Waals surface area (Å²) in [6, 6.07) is 2.19. The number of hydrogen-bond donors (Lipinski definition) is 2. The van der Waals surface area contributed by atoms with Crippen LogP contribution in [-0.4, -0.2) is 4.98 Å². The Balaban J connectivity index is 2.79. The lowest BCUT2D eigenvalue weighted by Gasteiger charge is -2.14. The first-order chi connectivity index (χ1) is 7.91. The van der Waals surface area contributed by atoms with Crippen LogP contribution in [0.1, 0.15) is 22.3 Å². The van der Waals surface area contributed by atoms with Crippen molar-refractivity contribution in [1.82, 2.24) is 4.98 Å². The third kappa shape index (κ3) is 1.89. The lowest BCUT2D eigenvalue weighted by Crippen LogP contribution is -1.97. The fourth-order valence-electron chi connectivity index (χ4n) is 2.10. The van der Waals surface area contributed by atoms with Crippen LogP contribution in [0.4, 0.5) is 10.1 Å². The Bertz CT molecular complexity index is 559. The minimum absolute atomic E-state index is 0.524. The van der Waals surface area contributed by atoms with Gasteiger partial charge in [-0.15, -0.1) is 0 Å².